The highest BCUT2D eigenvalue weighted by Gasteiger charge is 2.13. The molecule has 1 aromatic rings. The molecule has 0 aliphatic heterocycles. The lowest BCUT2D eigenvalue weighted by Crippen LogP contribution is -2.16. The molecule has 2 N–H and O–H groups in total. The van der Waals surface area contributed by atoms with Gasteiger partial charge in [-0.2, -0.15) is 0 Å². The lowest BCUT2D eigenvalue weighted by atomic mass is 10.1. The number of carbonyl (C=O) groups excluding carboxylic acids is 1. The SMILES string of the molecule is NC(=O)C(Br)c1cccc(F)c1. The van der Waals surface area contributed by atoms with Crippen LogP contribution in [-0.2, 0) is 4.79 Å². The van der Waals surface area contributed by atoms with Crippen LogP contribution in [-0.4, -0.2) is 5.91 Å². The van der Waals surface area contributed by atoms with Gasteiger partial charge in [-0.15, -0.1) is 0 Å². The van der Waals surface area contributed by atoms with Crippen LogP contribution in [0.2, 0.25) is 0 Å². The summed E-state index contributed by atoms with van der Waals surface area (Å²) in [5.41, 5.74) is 5.54. The third-order valence-corrected chi connectivity index (χ3v) is 2.37. The molecule has 1 rings (SSSR count). The minimum atomic E-state index is -0.617. The van der Waals surface area contributed by atoms with Gasteiger partial charge in [0.05, 0.1) is 0 Å². The normalized spacial score (nSPS) is 12.5. The highest BCUT2D eigenvalue weighted by atomic mass is 79.9. The van der Waals surface area contributed by atoms with Crippen LogP contribution in [0.15, 0.2) is 24.3 Å². The van der Waals surface area contributed by atoms with Gasteiger partial charge in [0.1, 0.15) is 10.6 Å². The molecule has 12 heavy (non-hydrogen) atoms. The van der Waals surface area contributed by atoms with Crippen LogP contribution >= 0.6 is 15.9 Å². The number of rotatable bonds is 2. The van der Waals surface area contributed by atoms with E-state index in [1.807, 2.05) is 0 Å². The molecule has 0 bridgehead atoms. The Morgan fingerprint density at radius 2 is 2.25 bits per heavy atom. The number of halogens is 2. The van der Waals surface area contributed by atoms with Gasteiger partial charge in [-0.25, -0.2) is 4.39 Å². The summed E-state index contributed by atoms with van der Waals surface area (Å²) >= 11 is 3.04. The Bertz CT molecular complexity index is 303. The first-order valence-electron chi connectivity index (χ1n) is 3.30. The molecular weight excluding hydrogens is 225 g/mol. The van der Waals surface area contributed by atoms with Crippen molar-refractivity contribution in [2.24, 2.45) is 5.73 Å². The molecule has 1 atom stereocenters. The maximum absolute atomic E-state index is 12.6. The zero-order valence-corrected chi connectivity index (χ0v) is 7.71. The van der Waals surface area contributed by atoms with E-state index >= 15 is 0 Å². The van der Waals surface area contributed by atoms with Gasteiger partial charge < -0.3 is 5.73 Å². The Morgan fingerprint density at radius 1 is 1.58 bits per heavy atom. The van der Waals surface area contributed by atoms with E-state index in [0.29, 0.717) is 5.56 Å². The molecule has 1 amide bonds. The van der Waals surface area contributed by atoms with Crippen LogP contribution in [0.25, 0.3) is 0 Å². The molecule has 0 saturated heterocycles. The van der Waals surface area contributed by atoms with Gasteiger partial charge in [0.15, 0.2) is 0 Å². The average Bonchev–Trinajstić information content (AvgIpc) is 2.03. The van der Waals surface area contributed by atoms with Crippen LogP contribution in [0, 0.1) is 5.82 Å². The Balaban J connectivity index is 2.95. The van der Waals surface area contributed by atoms with Crippen LogP contribution < -0.4 is 5.73 Å². The van der Waals surface area contributed by atoms with Gasteiger partial charge in [-0.1, -0.05) is 28.1 Å². The van der Waals surface area contributed by atoms with Gasteiger partial charge in [0.25, 0.3) is 0 Å². The van der Waals surface area contributed by atoms with E-state index in [0.717, 1.165) is 0 Å². The lowest BCUT2D eigenvalue weighted by Gasteiger charge is -2.04. The molecule has 0 radical (unpaired) electrons. The largest absolute Gasteiger partial charge is 0.368 e. The summed E-state index contributed by atoms with van der Waals surface area (Å²) < 4.78 is 12.6. The average molecular weight is 232 g/mol. The monoisotopic (exact) mass is 231 g/mol. The number of alkyl halides is 1. The molecule has 1 unspecified atom stereocenters. The fourth-order valence-corrected chi connectivity index (χ4v) is 1.11. The van der Waals surface area contributed by atoms with Crippen LogP contribution in [0.3, 0.4) is 0 Å². The molecule has 0 fully saturated rings. The molecule has 2 nitrogen and oxygen atoms in total. The molecule has 0 aliphatic carbocycles. The van der Waals surface area contributed by atoms with E-state index < -0.39 is 10.7 Å². The topological polar surface area (TPSA) is 43.1 Å². The Hall–Kier alpha value is -0.900. The fourth-order valence-electron chi connectivity index (χ4n) is 0.829. The second-order valence-electron chi connectivity index (χ2n) is 2.32. The quantitative estimate of drug-likeness (QED) is 0.775. The number of hydrogen-bond acceptors (Lipinski definition) is 1. The predicted octanol–water partition coefficient (Wildman–Crippen LogP) is 1.75. The molecule has 0 aromatic heterocycles. The van der Waals surface area contributed by atoms with E-state index in [4.69, 9.17) is 5.73 Å². The highest BCUT2D eigenvalue weighted by Crippen LogP contribution is 2.22. The van der Waals surface area contributed by atoms with Crippen molar-refractivity contribution in [1.82, 2.24) is 0 Å². The summed E-state index contributed by atoms with van der Waals surface area (Å²) in [6.45, 7) is 0. The van der Waals surface area contributed by atoms with Crippen molar-refractivity contribution in [2.45, 2.75) is 4.83 Å². The smallest absolute Gasteiger partial charge is 0.235 e. The standard InChI is InChI=1S/C8H7BrFNO/c9-7(8(11)12)5-2-1-3-6(10)4-5/h1-4,7H,(H2,11,12). The maximum atomic E-state index is 12.6. The van der Waals surface area contributed by atoms with Crippen LogP contribution in [0.1, 0.15) is 10.4 Å². The van der Waals surface area contributed by atoms with Gasteiger partial charge in [-0.3, -0.25) is 4.79 Å². The van der Waals surface area contributed by atoms with Crippen molar-refractivity contribution in [3.8, 4) is 0 Å². The Labute approximate surface area is 77.7 Å². The third-order valence-electron chi connectivity index (χ3n) is 1.39. The van der Waals surface area contributed by atoms with Crippen molar-refractivity contribution in [3.05, 3.63) is 35.6 Å². The van der Waals surface area contributed by atoms with Crippen molar-refractivity contribution in [2.75, 3.05) is 0 Å². The second-order valence-corrected chi connectivity index (χ2v) is 3.24. The first-order valence-corrected chi connectivity index (χ1v) is 4.21. The summed E-state index contributed by atoms with van der Waals surface area (Å²) in [6.07, 6.45) is 0. The van der Waals surface area contributed by atoms with Gasteiger partial charge in [0, 0.05) is 0 Å². The highest BCUT2D eigenvalue weighted by molar-refractivity contribution is 9.09. The zero-order valence-electron chi connectivity index (χ0n) is 6.13. The lowest BCUT2D eigenvalue weighted by molar-refractivity contribution is -0.117. The number of benzene rings is 1. The minimum Gasteiger partial charge on any atom is -0.368 e. The van der Waals surface area contributed by atoms with E-state index in [-0.39, 0.29) is 5.82 Å². The maximum Gasteiger partial charge on any atom is 0.235 e. The number of nitrogens with two attached hydrogens (primary N) is 1. The first-order chi connectivity index (χ1) is 5.61. The van der Waals surface area contributed by atoms with Crippen LogP contribution in [0.5, 0.6) is 0 Å². The third kappa shape index (κ3) is 2.04. The molecule has 0 heterocycles. The van der Waals surface area contributed by atoms with Crippen molar-refractivity contribution < 1.29 is 9.18 Å². The van der Waals surface area contributed by atoms with Crippen molar-refractivity contribution in [3.63, 3.8) is 0 Å². The summed E-state index contributed by atoms with van der Waals surface area (Å²) in [5.74, 6) is -0.904. The van der Waals surface area contributed by atoms with Gasteiger partial charge >= 0.3 is 0 Å². The molecule has 0 aliphatic rings. The summed E-state index contributed by atoms with van der Waals surface area (Å²) in [7, 11) is 0. The fraction of sp³-hybridized carbons (Fsp3) is 0.125. The zero-order chi connectivity index (χ0) is 9.14. The van der Waals surface area contributed by atoms with Gasteiger partial charge in [0.2, 0.25) is 5.91 Å². The summed E-state index contributed by atoms with van der Waals surface area (Å²) in [5, 5.41) is 0. The first kappa shape index (κ1) is 9.19. The second kappa shape index (κ2) is 3.67. The Kier molecular flexibility index (Phi) is 2.81. The summed E-state index contributed by atoms with van der Waals surface area (Å²) in [4.78, 5) is 10.0. The molecule has 0 spiro atoms. The Morgan fingerprint density at radius 3 is 2.75 bits per heavy atom. The van der Waals surface area contributed by atoms with E-state index in [9.17, 15) is 9.18 Å². The summed E-state index contributed by atoms with van der Waals surface area (Å²) in [6, 6.07) is 5.74. The minimum absolute atomic E-state index is 0.377. The van der Waals surface area contributed by atoms with Crippen molar-refractivity contribution in [1.29, 1.82) is 0 Å². The molecule has 64 valence electrons. The number of carbonyl (C=O) groups is 1. The predicted molar refractivity (Wildman–Crippen MR) is 47.3 cm³/mol. The molecule has 0 saturated carbocycles. The van der Waals surface area contributed by atoms with E-state index in [1.165, 1.54) is 18.2 Å². The van der Waals surface area contributed by atoms with E-state index in [1.54, 1.807) is 6.07 Å². The number of primary amides is 1. The number of hydrogen-bond donors (Lipinski definition) is 1. The van der Waals surface area contributed by atoms with E-state index in [2.05, 4.69) is 15.9 Å². The number of amides is 1. The molecular formula is C8H7BrFNO. The molecule has 4 heteroatoms. The van der Waals surface area contributed by atoms with Gasteiger partial charge in [-0.05, 0) is 17.7 Å². The van der Waals surface area contributed by atoms with Crippen LogP contribution in [0.4, 0.5) is 4.39 Å². The van der Waals surface area contributed by atoms with Crippen molar-refractivity contribution >= 4 is 21.8 Å². The molecule has 1 aromatic carbocycles.